The number of phosphoric acid groups is 2. The Labute approximate surface area is 498 Å². The first kappa shape index (κ1) is 80.1. The van der Waals surface area contributed by atoms with Gasteiger partial charge in [-0.05, 0) is 43.4 Å². The van der Waals surface area contributed by atoms with Gasteiger partial charge in [-0.25, -0.2) is 9.13 Å². The van der Waals surface area contributed by atoms with Crippen molar-refractivity contribution >= 4 is 39.5 Å². The second-order valence-electron chi connectivity index (χ2n) is 24.2. The summed E-state index contributed by atoms with van der Waals surface area (Å²) in [6.45, 7) is 11.6. The van der Waals surface area contributed by atoms with Gasteiger partial charge in [-0.2, -0.15) is 0 Å². The zero-order chi connectivity index (χ0) is 61.0. The third kappa shape index (κ3) is 57.2. The highest BCUT2D eigenvalue weighted by Crippen LogP contribution is 2.45. The van der Waals surface area contributed by atoms with Gasteiger partial charge in [0.25, 0.3) is 0 Å². The second-order valence-corrected chi connectivity index (χ2v) is 27.1. The molecule has 0 saturated heterocycles. The normalized spacial score (nSPS) is 14.4. The third-order valence-corrected chi connectivity index (χ3v) is 16.3. The van der Waals surface area contributed by atoms with Crippen LogP contribution in [0.15, 0.2) is 0 Å². The quantitative estimate of drug-likeness (QED) is 0.0222. The first-order valence-corrected chi connectivity index (χ1v) is 35.8. The van der Waals surface area contributed by atoms with E-state index in [9.17, 15) is 43.2 Å². The molecule has 17 nitrogen and oxygen atoms in total. The molecule has 0 radical (unpaired) electrons. The maximum absolute atomic E-state index is 13.0. The standard InChI is InChI=1S/C63H122O17P2/c1-8-9-10-11-12-15-23-30-37-44-60(65)73-50-59(80-63(68)47-40-33-26-19-22-29-36-43-56(6)7)53-78-82(71,72)76-49-57(64)48-75-81(69,70)77-52-58(51-74-61(66)45-38-31-25-18-21-28-35-42-55(4)5)79-62(67)46-39-32-24-17-14-13-16-20-27-34-41-54(2)3/h54-59,64H,8-53H2,1-7H3,(H,69,70)(H,71,72)/t57-,58-,59-/m1/s1. The Kier molecular flexibility index (Phi) is 53.2. The van der Waals surface area contributed by atoms with Gasteiger partial charge in [-0.1, -0.05) is 254 Å². The minimum absolute atomic E-state index is 0.103. The van der Waals surface area contributed by atoms with E-state index in [2.05, 4.69) is 48.5 Å². The lowest BCUT2D eigenvalue weighted by molar-refractivity contribution is -0.161. The van der Waals surface area contributed by atoms with Crippen LogP contribution < -0.4 is 0 Å². The fraction of sp³-hybridized carbons (Fsp3) is 0.937. The number of unbranched alkanes of at least 4 members (excludes halogenated alkanes) is 29. The molecule has 0 aliphatic rings. The van der Waals surface area contributed by atoms with Gasteiger partial charge >= 0.3 is 39.5 Å². The summed E-state index contributed by atoms with van der Waals surface area (Å²) in [6, 6.07) is 0. The smallest absolute Gasteiger partial charge is 0.462 e. The number of esters is 4. The number of phosphoric ester groups is 2. The molecule has 0 heterocycles. The molecule has 0 saturated carbocycles. The molecule has 0 aromatic carbocycles. The number of carbonyl (C=O) groups is 4. The van der Waals surface area contributed by atoms with Gasteiger partial charge in [-0.3, -0.25) is 37.3 Å². The fourth-order valence-electron chi connectivity index (χ4n) is 9.30. The van der Waals surface area contributed by atoms with Crippen molar-refractivity contribution in [2.45, 2.75) is 324 Å². The number of rotatable bonds is 61. The fourth-order valence-corrected chi connectivity index (χ4v) is 10.9. The molecular weight excluding hydrogens is 1090 g/mol. The highest BCUT2D eigenvalue weighted by molar-refractivity contribution is 7.47. The van der Waals surface area contributed by atoms with E-state index in [-0.39, 0.29) is 25.7 Å². The average Bonchev–Trinajstić information content (AvgIpc) is 3.42. The van der Waals surface area contributed by atoms with E-state index in [0.29, 0.717) is 37.5 Å². The SMILES string of the molecule is CCCCCCCCCCCC(=O)OC[C@H](COP(=O)(O)OC[C@H](O)COP(=O)(O)OC[C@@H](COC(=O)CCCCCCCCCC(C)C)OC(=O)CCCCCCCCCCCCC(C)C)OC(=O)CCCCCCCCCC(C)C. The van der Waals surface area contributed by atoms with Gasteiger partial charge in [0.15, 0.2) is 12.2 Å². The third-order valence-electron chi connectivity index (χ3n) is 14.4. The predicted octanol–water partition coefficient (Wildman–Crippen LogP) is 17.1. The molecule has 82 heavy (non-hydrogen) atoms. The lowest BCUT2D eigenvalue weighted by Crippen LogP contribution is -2.30. The summed E-state index contributed by atoms with van der Waals surface area (Å²) in [5.74, 6) is 0.0123. The summed E-state index contributed by atoms with van der Waals surface area (Å²) in [6.07, 6.45) is 35.0. The van der Waals surface area contributed by atoms with Crippen LogP contribution in [0.2, 0.25) is 0 Å². The number of hydrogen-bond acceptors (Lipinski definition) is 15. The van der Waals surface area contributed by atoms with E-state index >= 15 is 0 Å². The van der Waals surface area contributed by atoms with Crippen molar-refractivity contribution in [2.75, 3.05) is 39.6 Å². The van der Waals surface area contributed by atoms with Crippen LogP contribution >= 0.6 is 15.6 Å². The first-order chi connectivity index (χ1) is 39.2. The molecule has 486 valence electrons. The zero-order valence-corrected chi connectivity index (χ0v) is 54.7. The predicted molar refractivity (Wildman–Crippen MR) is 326 cm³/mol. The van der Waals surface area contributed by atoms with Gasteiger partial charge in [0.05, 0.1) is 26.4 Å². The van der Waals surface area contributed by atoms with Crippen molar-refractivity contribution in [3.8, 4) is 0 Å². The van der Waals surface area contributed by atoms with Crippen LogP contribution in [0.1, 0.15) is 305 Å². The van der Waals surface area contributed by atoms with Crippen LogP contribution in [0.3, 0.4) is 0 Å². The molecule has 0 bridgehead atoms. The van der Waals surface area contributed by atoms with Crippen molar-refractivity contribution < 1.29 is 80.2 Å². The molecule has 0 fully saturated rings. The maximum Gasteiger partial charge on any atom is 0.472 e. The van der Waals surface area contributed by atoms with E-state index in [1.807, 2.05) is 0 Å². The number of carbonyl (C=O) groups excluding carboxylic acids is 4. The van der Waals surface area contributed by atoms with Crippen molar-refractivity contribution in [1.29, 1.82) is 0 Å². The Morgan fingerprint density at radius 3 is 0.829 bits per heavy atom. The van der Waals surface area contributed by atoms with E-state index in [0.717, 1.165) is 102 Å². The minimum Gasteiger partial charge on any atom is -0.462 e. The molecule has 0 rings (SSSR count). The maximum atomic E-state index is 13.0. The summed E-state index contributed by atoms with van der Waals surface area (Å²) in [7, 11) is -9.88. The molecule has 0 aliphatic heterocycles. The Morgan fingerprint density at radius 1 is 0.329 bits per heavy atom. The first-order valence-electron chi connectivity index (χ1n) is 32.8. The second kappa shape index (κ2) is 54.5. The van der Waals surface area contributed by atoms with Crippen LogP contribution in [0.25, 0.3) is 0 Å². The van der Waals surface area contributed by atoms with Gasteiger partial charge in [-0.15, -0.1) is 0 Å². The average molecular weight is 1210 g/mol. The van der Waals surface area contributed by atoms with Gasteiger partial charge in [0, 0.05) is 25.7 Å². The lowest BCUT2D eigenvalue weighted by atomic mass is 10.0. The van der Waals surface area contributed by atoms with Crippen LogP contribution in [0.5, 0.6) is 0 Å². The number of aliphatic hydroxyl groups excluding tert-OH is 1. The summed E-state index contributed by atoms with van der Waals surface area (Å²) in [4.78, 5) is 72.1. The largest absolute Gasteiger partial charge is 0.472 e. The summed E-state index contributed by atoms with van der Waals surface area (Å²) in [5.41, 5.74) is 0. The lowest BCUT2D eigenvalue weighted by Gasteiger charge is -2.21. The number of aliphatic hydroxyl groups is 1. The van der Waals surface area contributed by atoms with Gasteiger partial charge in [0.2, 0.25) is 0 Å². The summed E-state index contributed by atoms with van der Waals surface area (Å²) in [5, 5.41) is 10.5. The van der Waals surface area contributed by atoms with Gasteiger partial charge < -0.3 is 33.8 Å². The molecule has 5 atom stereocenters. The van der Waals surface area contributed by atoms with E-state index < -0.39 is 97.5 Å². The molecule has 2 unspecified atom stereocenters. The highest BCUT2D eigenvalue weighted by atomic mass is 31.2. The van der Waals surface area contributed by atoms with Crippen molar-refractivity contribution in [1.82, 2.24) is 0 Å². The number of hydrogen-bond donors (Lipinski definition) is 3. The van der Waals surface area contributed by atoms with Crippen LogP contribution in [-0.4, -0.2) is 96.7 Å². The van der Waals surface area contributed by atoms with Crippen LogP contribution in [0, 0.1) is 17.8 Å². The molecule has 0 amide bonds. The summed E-state index contributed by atoms with van der Waals surface area (Å²) < 4.78 is 67.9. The molecule has 0 spiro atoms. The van der Waals surface area contributed by atoms with Crippen LogP contribution in [0.4, 0.5) is 0 Å². The van der Waals surface area contributed by atoms with Crippen molar-refractivity contribution in [3.63, 3.8) is 0 Å². The van der Waals surface area contributed by atoms with E-state index in [1.165, 1.54) is 109 Å². The van der Waals surface area contributed by atoms with Crippen LogP contribution in [-0.2, 0) is 65.4 Å². The molecule has 19 heteroatoms. The molecule has 3 N–H and O–H groups in total. The van der Waals surface area contributed by atoms with Gasteiger partial charge in [0.1, 0.15) is 19.3 Å². The Balaban J connectivity index is 5.24. The minimum atomic E-state index is -4.94. The van der Waals surface area contributed by atoms with Crippen molar-refractivity contribution in [2.24, 2.45) is 17.8 Å². The monoisotopic (exact) mass is 1210 g/mol. The molecular formula is C63H122O17P2. The Hall–Kier alpha value is -1.94. The Morgan fingerprint density at radius 2 is 0.561 bits per heavy atom. The molecule has 0 aliphatic carbocycles. The van der Waals surface area contributed by atoms with E-state index in [4.69, 9.17) is 37.0 Å². The highest BCUT2D eigenvalue weighted by Gasteiger charge is 2.30. The van der Waals surface area contributed by atoms with Crippen molar-refractivity contribution in [3.05, 3.63) is 0 Å². The topological polar surface area (TPSA) is 237 Å². The molecule has 0 aromatic heterocycles. The molecule has 0 aromatic rings. The zero-order valence-electron chi connectivity index (χ0n) is 52.9. The number of ether oxygens (including phenoxy) is 4. The van der Waals surface area contributed by atoms with E-state index in [1.54, 1.807) is 0 Å². The Bertz CT molecular complexity index is 1630. The summed E-state index contributed by atoms with van der Waals surface area (Å²) >= 11 is 0.